The molecule has 1 fully saturated rings. The highest BCUT2D eigenvalue weighted by Crippen LogP contribution is 2.47. The number of hydrogen-bond donors (Lipinski definition) is 3. The summed E-state index contributed by atoms with van der Waals surface area (Å²) in [7, 11) is 1.61. The van der Waals surface area contributed by atoms with E-state index in [2.05, 4.69) is 10.3 Å². The molecule has 9 nitrogen and oxygen atoms in total. The van der Waals surface area contributed by atoms with Gasteiger partial charge in [0.1, 0.15) is 17.5 Å². The quantitative estimate of drug-likeness (QED) is 0.517. The first-order valence-electron chi connectivity index (χ1n) is 12.4. The Bertz CT molecular complexity index is 1010. The van der Waals surface area contributed by atoms with E-state index in [1.807, 2.05) is 52.0 Å². The van der Waals surface area contributed by atoms with E-state index in [0.29, 0.717) is 25.2 Å². The Morgan fingerprint density at radius 1 is 1.37 bits per heavy atom. The van der Waals surface area contributed by atoms with E-state index in [0.717, 1.165) is 12.0 Å². The van der Waals surface area contributed by atoms with Crippen molar-refractivity contribution < 1.29 is 24.2 Å². The van der Waals surface area contributed by atoms with Crippen LogP contribution in [0.15, 0.2) is 29.3 Å². The van der Waals surface area contributed by atoms with Crippen LogP contribution < -0.4 is 15.8 Å². The van der Waals surface area contributed by atoms with Crippen LogP contribution in [0.25, 0.3) is 0 Å². The first-order valence-corrected chi connectivity index (χ1v) is 12.4. The molecule has 0 aromatic heterocycles. The lowest BCUT2D eigenvalue weighted by atomic mass is 9.86. The van der Waals surface area contributed by atoms with Crippen molar-refractivity contribution in [3.8, 4) is 5.75 Å². The highest BCUT2D eigenvalue weighted by molar-refractivity contribution is 5.99. The number of carbonyl (C=O) groups is 2. The third-order valence-corrected chi connectivity index (χ3v) is 7.77. The summed E-state index contributed by atoms with van der Waals surface area (Å²) in [6.07, 6.45) is 1.28. The van der Waals surface area contributed by atoms with Crippen LogP contribution in [0.1, 0.15) is 65.0 Å². The van der Waals surface area contributed by atoms with E-state index in [4.69, 9.17) is 15.2 Å². The molecule has 6 unspecified atom stereocenters. The van der Waals surface area contributed by atoms with Crippen LogP contribution in [0.3, 0.4) is 0 Å². The molecule has 0 spiro atoms. The predicted octanol–water partition coefficient (Wildman–Crippen LogP) is 2.13. The molecule has 2 amide bonds. The number of carbonyl (C=O) groups excluding carboxylic acids is 2. The highest BCUT2D eigenvalue weighted by atomic mass is 16.5. The number of benzene rings is 1. The van der Waals surface area contributed by atoms with Crippen molar-refractivity contribution in [1.29, 1.82) is 0 Å². The van der Waals surface area contributed by atoms with E-state index in [1.165, 1.54) is 0 Å². The number of guanidine groups is 1. The number of aliphatic imine (C=N–C) groups is 1. The number of aliphatic hydroxyl groups excluding tert-OH is 1. The Balaban J connectivity index is 1.52. The lowest BCUT2D eigenvalue weighted by molar-refractivity contribution is -0.133. The van der Waals surface area contributed by atoms with Crippen molar-refractivity contribution in [2.45, 2.75) is 82.7 Å². The lowest BCUT2D eigenvalue weighted by Gasteiger charge is -2.42. The molecule has 1 aliphatic carbocycles. The first kappa shape index (κ1) is 25.4. The number of amides is 2. The number of para-hydroxylation sites is 1. The largest absolute Gasteiger partial charge is 0.485 e. The summed E-state index contributed by atoms with van der Waals surface area (Å²) in [4.78, 5) is 32.7. The van der Waals surface area contributed by atoms with Crippen LogP contribution >= 0.6 is 0 Å². The van der Waals surface area contributed by atoms with Crippen molar-refractivity contribution in [3.05, 3.63) is 29.8 Å². The Hall–Kier alpha value is -2.65. The van der Waals surface area contributed by atoms with Gasteiger partial charge in [0, 0.05) is 31.2 Å². The van der Waals surface area contributed by atoms with Gasteiger partial charge in [-0.05, 0) is 52.0 Å². The summed E-state index contributed by atoms with van der Waals surface area (Å²) in [5.41, 5.74) is 5.70. The van der Waals surface area contributed by atoms with Crippen LogP contribution in [0.2, 0.25) is 0 Å². The van der Waals surface area contributed by atoms with Gasteiger partial charge < -0.3 is 25.6 Å². The summed E-state index contributed by atoms with van der Waals surface area (Å²) >= 11 is 0. The molecule has 1 aromatic rings. The molecule has 192 valence electrons. The maximum absolute atomic E-state index is 13.4. The number of hydrogen-bond acceptors (Lipinski definition) is 7. The molecule has 4 N–H and O–H groups in total. The molecule has 6 atom stereocenters. The van der Waals surface area contributed by atoms with Crippen LogP contribution in [0.5, 0.6) is 5.75 Å². The zero-order chi connectivity index (χ0) is 25.5. The van der Waals surface area contributed by atoms with Gasteiger partial charge in [0.15, 0.2) is 5.96 Å². The van der Waals surface area contributed by atoms with Gasteiger partial charge in [0.05, 0.1) is 18.0 Å². The zero-order valence-corrected chi connectivity index (χ0v) is 21.3. The van der Waals surface area contributed by atoms with Gasteiger partial charge in [0.2, 0.25) is 11.8 Å². The fraction of sp³-hybridized carbons (Fsp3) is 0.654. The number of ether oxygens (including phenoxy) is 2. The van der Waals surface area contributed by atoms with Gasteiger partial charge in [0.25, 0.3) is 0 Å². The van der Waals surface area contributed by atoms with Gasteiger partial charge in [-0.3, -0.25) is 14.5 Å². The smallest absolute Gasteiger partial charge is 0.231 e. The minimum Gasteiger partial charge on any atom is -0.485 e. The third-order valence-electron chi connectivity index (χ3n) is 7.77. The van der Waals surface area contributed by atoms with Crippen LogP contribution in [-0.4, -0.2) is 64.8 Å². The molecule has 35 heavy (non-hydrogen) atoms. The molecule has 3 aliphatic rings. The summed E-state index contributed by atoms with van der Waals surface area (Å²) in [6, 6.07) is 6.58. The first-order chi connectivity index (χ1) is 16.5. The lowest BCUT2D eigenvalue weighted by Crippen LogP contribution is -2.56. The fourth-order valence-corrected chi connectivity index (χ4v) is 5.34. The monoisotopic (exact) mass is 486 g/mol. The number of aliphatic hydroxyl groups is 1. The maximum atomic E-state index is 13.4. The van der Waals surface area contributed by atoms with Crippen molar-refractivity contribution in [3.63, 3.8) is 0 Å². The normalized spacial score (nSPS) is 32.2. The molecule has 0 bridgehead atoms. The Labute approximate surface area is 207 Å². The van der Waals surface area contributed by atoms with Crippen molar-refractivity contribution in [2.24, 2.45) is 22.6 Å². The van der Waals surface area contributed by atoms with E-state index in [-0.39, 0.29) is 42.1 Å². The standard InChI is InChI=1S/C26H38N4O5/c1-6-26(4)14-20(31)30(24(27)29-26)18(11-12-34-5)16-13-17(16)23(33)28-21-15-9-7-8-10-19(15)35-25(2,3)22(21)32/h7-10,16-18,21-22,32H,6,11-14H2,1-5H3,(H2,27,29)(H,28,33). The number of rotatable bonds is 8. The Morgan fingerprint density at radius 2 is 2.09 bits per heavy atom. The fourth-order valence-electron chi connectivity index (χ4n) is 5.34. The summed E-state index contributed by atoms with van der Waals surface area (Å²) in [5.74, 6) is 0.307. The van der Waals surface area contributed by atoms with Crippen LogP contribution in [0, 0.1) is 11.8 Å². The average Bonchev–Trinajstić information content (AvgIpc) is 3.59. The molecule has 1 aromatic carbocycles. The van der Waals surface area contributed by atoms with Crippen molar-refractivity contribution >= 4 is 17.8 Å². The van der Waals surface area contributed by atoms with E-state index < -0.39 is 23.3 Å². The highest BCUT2D eigenvalue weighted by Gasteiger charge is 2.53. The van der Waals surface area contributed by atoms with Crippen molar-refractivity contribution in [2.75, 3.05) is 13.7 Å². The number of methoxy groups -OCH3 is 1. The molecule has 2 heterocycles. The van der Waals surface area contributed by atoms with Gasteiger partial charge in [-0.15, -0.1) is 0 Å². The van der Waals surface area contributed by atoms with E-state index in [9.17, 15) is 14.7 Å². The Kier molecular flexibility index (Phi) is 6.85. The van der Waals surface area contributed by atoms with E-state index in [1.54, 1.807) is 12.0 Å². The zero-order valence-electron chi connectivity index (χ0n) is 21.3. The van der Waals surface area contributed by atoms with Gasteiger partial charge in [-0.1, -0.05) is 25.1 Å². The van der Waals surface area contributed by atoms with E-state index >= 15 is 0 Å². The summed E-state index contributed by atoms with van der Waals surface area (Å²) in [5, 5.41) is 14.1. The maximum Gasteiger partial charge on any atom is 0.231 e. The van der Waals surface area contributed by atoms with Gasteiger partial charge >= 0.3 is 0 Å². The number of nitrogens with zero attached hydrogens (tertiary/aromatic N) is 2. The minimum absolute atomic E-state index is 0.0610. The molecule has 1 saturated carbocycles. The molecule has 2 aliphatic heterocycles. The molecular formula is C26H38N4O5. The average molecular weight is 487 g/mol. The predicted molar refractivity (Wildman–Crippen MR) is 132 cm³/mol. The molecule has 4 rings (SSSR count). The van der Waals surface area contributed by atoms with Crippen molar-refractivity contribution in [1.82, 2.24) is 10.2 Å². The number of nitrogens with one attached hydrogen (secondary N) is 1. The number of nitrogens with two attached hydrogens (primary N) is 1. The second-order valence-electron chi connectivity index (χ2n) is 10.8. The number of fused-ring (bicyclic) bond motifs is 1. The third kappa shape index (κ3) is 4.89. The second kappa shape index (κ2) is 9.43. The second-order valence-corrected chi connectivity index (χ2v) is 10.8. The summed E-state index contributed by atoms with van der Waals surface area (Å²) in [6.45, 7) is 7.99. The molecule has 0 saturated heterocycles. The topological polar surface area (TPSA) is 126 Å². The van der Waals surface area contributed by atoms with Crippen LogP contribution in [-0.2, 0) is 14.3 Å². The molecular weight excluding hydrogens is 448 g/mol. The summed E-state index contributed by atoms with van der Waals surface area (Å²) < 4.78 is 11.3. The molecule has 9 heteroatoms. The van der Waals surface area contributed by atoms with Gasteiger partial charge in [-0.2, -0.15) is 0 Å². The SMILES string of the molecule is CCC1(C)CC(=O)N(C(CCOC)C2CC2C(=O)NC2c3ccccc3OC(C)(C)C2O)C(N)=N1. The minimum atomic E-state index is -0.916. The van der Waals surface area contributed by atoms with Crippen LogP contribution in [0.4, 0.5) is 0 Å². The Morgan fingerprint density at radius 3 is 2.74 bits per heavy atom. The van der Waals surface area contributed by atoms with Gasteiger partial charge in [-0.25, -0.2) is 4.99 Å². The molecule has 0 radical (unpaired) electrons.